The molecule has 1 atom stereocenters. The Kier molecular flexibility index (Phi) is 3.85. The molecule has 2 N–H and O–H groups in total. The maximum atomic E-state index is 6.31. The second-order valence-electron chi connectivity index (χ2n) is 5.55. The summed E-state index contributed by atoms with van der Waals surface area (Å²) in [6.45, 7) is 5.24. The summed E-state index contributed by atoms with van der Waals surface area (Å²) in [5, 5.41) is 0. The largest absolute Gasteiger partial charge is 0.323 e. The molecule has 2 nitrogen and oxygen atoms in total. The normalized spacial score (nSPS) is 18.2. The lowest BCUT2D eigenvalue weighted by Crippen LogP contribution is -2.41. The van der Waals surface area contributed by atoms with E-state index in [-0.39, 0.29) is 6.04 Å². The van der Waals surface area contributed by atoms with Crippen LogP contribution in [0.5, 0.6) is 0 Å². The molecule has 0 heterocycles. The molecule has 0 spiro atoms. The van der Waals surface area contributed by atoms with Crippen molar-refractivity contribution in [3.8, 4) is 0 Å². The van der Waals surface area contributed by atoms with E-state index < -0.39 is 0 Å². The smallest absolute Gasteiger partial charge is 0.0424 e. The topological polar surface area (TPSA) is 29.3 Å². The summed E-state index contributed by atoms with van der Waals surface area (Å²) >= 11 is 0. The van der Waals surface area contributed by atoms with Crippen LogP contribution >= 0.6 is 0 Å². The second-order valence-corrected chi connectivity index (χ2v) is 5.55. The third-order valence-electron chi connectivity index (χ3n) is 3.85. The Bertz CT molecular complexity index is 362. The van der Waals surface area contributed by atoms with Crippen molar-refractivity contribution in [3.63, 3.8) is 0 Å². The number of hydrogen-bond acceptors (Lipinski definition) is 2. The predicted octanol–water partition coefficient (Wildman–Crippen LogP) is 2.79. The molecule has 2 heteroatoms. The van der Waals surface area contributed by atoms with Gasteiger partial charge in [-0.1, -0.05) is 35.7 Å². The number of rotatable bonds is 4. The number of nitrogens with two attached hydrogens (primary N) is 1. The maximum absolute atomic E-state index is 6.31. The summed E-state index contributed by atoms with van der Waals surface area (Å²) in [6.07, 6.45) is 4.07. The van der Waals surface area contributed by atoms with Gasteiger partial charge in [-0.3, -0.25) is 0 Å². The van der Waals surface area contributed by atoms with E-state index in [1.54, 1.807) is 0 Å². The summed E-state index contributed by atoms with van der Waals surface area (Å²) in [4.78, 5) is 2.42. The third-order valence-corrected chi connectivity index (χ3v) is 3.85. The molecule has 1 saturated carbocycles. The number of nitrogens with zero attached hydrogens (tertiary/aromatic N) is 1. The van der Waals surface area contributed by atoms with Crippen LogP contribution in [0.2, 0.25) is 0 Å². The molecule has 1 aliphatic rings. The van der Waals surface area contributed by atoms with Gasteiger partial charge in [-0.25, -0.2) is 0 Å². The van der Waals surface area contributed by atoms with E-state index in [1.165, 1.54) is 36.0 Å². The van der Waals surface area contributed by atoms with Crippen LogP contribution in [0.25, 0.3) is 0 Å². The molecule has 2 rings (SSSR count). The van der Waals surface area contributed by atoms with Gasteiger partial charge in [0.25, 0.3) is 0 Å². The van der Waals surface area contributed by atoms with Crippen molar-refractivity contribution in [2.24, 2.45) is 5.73 Å². The van der Waals surface area contributed by atoms with Gasteiger partial charge in [0.1, 0.15) is 0 Å². The van der Waals surface area contributed by atoms with E-state index >= 15 is 0 Å². The molecule has 17 heavy (non-hydrogen) atoms. The molecule has 0 saturated heterocycles. The van der Waals surface area contributed by atoms with E-state index in [4.69, 9.17) is 5.73 Å². The summed E-state index contributed by atoms with van der Waals surface area (Å²) in [7, 11) is 2.20. The number of aryl methyl sites for hydroxylation is 2. The second kappa shape index (κ2) is 5.19. The van der Waals surface area contributed by atoms with Crippen LogP contribution in [-0.4, -0.2) is 24.5 Å². The molecule has 0 aromatic heterocycles. The fourth-order valence-electron chi connectivity index (χ4n) is 2.62. The molecule has 0 aliphatic heterocycles. The van der Waals surface area contributed by atoms with E-state index in [9.17, 15) is 0 Å². The van der Waals surface area contributed by atoms with Gasteiger partial charge in [0.05, 0.1) is 0 Å². The highest BCUT2D eigenvalue weighted by molar-refractivity contribution is 5.30. The standard InChI is InChI=1S/C15H24N2/c1-11-7-12(2)9-13(8-11)15(16)10-17(3)14-5-4-6-14/h7-9,14-15H,4-6,10,16H2,1-3H3. The Hall–Kier alpha value is -0.860. The molecular formula is C15H24N2. The fraction of sp³-hybridized carbons (Fsp3) is 0.600. The molecule has 1 aromatic carbocycles. The monoisotopic (exact) mass is 232 g/mol. The highest BCUT2D eigenvalue weighted by Gasteiger charge is 2.23. The van der Waals surface area contributed by atoms with E-state index in [0.29, 0.717) is 0 Å². The molecule has 1 aromatic rings. The summed E-state index contributed by atoms with van der Waals surface area (Å²) in [5.74, 6) is 0. The first-order valence-corrected chi connectivity index (χ1v) is 6.60. The van der Waals surface area contributed by atoms with Gasteiger partial charge >= 0.3 is 0 Å². The van der Waals surface area contributed by atoms with Crippen molar-refractivity contribution in [2.45, 2.75) is 45.2 Å². The minimum Gasteiger partial charge on any atom is -0.323 e. The Balaban J connectivity index is 2.00. The minimum absolute atomic E-state index is 0.138. The Morgan fingerprint density at radius 2 is 1.82 bits per heavy atom. The van der Waals surface area contributed by atoms with Crippen molar-refractivity contribution >= 4 is 0 Å². The first-order valence-electron chi connectivity index (χ1n) is 6.60. The van der Waals surface area contributed by atoms with Gasteiger partial charge in [0.15, 0.2) is 0 Å². The molecule has 0 amide bonds. The van der Waals surface area contributed by atoms with Gasteiger partial charge in [-0.2, -0.15) is 0 Å². The highest BCUT2D eigenvalue weighted by atomic mass is 15.1. The van der Waals surface area contributed by atoms with Crippen LogP contribution in [0.4, 0.5) is 0 Å². The first kappa shape index (κ1) is 12.6. The van der Waals surface area contributed by atoms with E-state index in [1.807, 2.05) is 0 Å². The molecular weight excluding hydrogens is 208 g/mol. The Labute approximate surface area is 105 Å². The number of hydrogen-bond donors (Lipinski definition) is 1. The van der Waals surface area contributed by atoms with Crippen LogP contribution in [-0.2, 0) is 0 Å². The lowest BCUT2D eigenvalue weighted by atomic mass is 9.91. The lowest BCUT2D eigenvalue weighted by molar-refractivity contribution is 0.152. The minimum atomic E-state index is 0.138. The van der Waals surface area contributed by atoms with Crippen molar-refractivity contribution in [1.82, 2.24) is 4.90 Å². The van der Waals surface area contributed by atoms with Gasteiger partial charge in [-0.05, 0) is 39.3 Å². The van der Waals surface area contributed by atoms with Gasteiger partial charge in [-0.15, -0.1) is 0 Å². The van der Waals surface area contributed by atoms with Crippen LogP contribution in [0.15, 0.2) is 18.2 Å². The van der Waals surface area contributed by atoms with Crippen LogP contribution in [0.1, 0.15) is 42.0 Å². The van der Waals surface area contributed by atoms with Crippen LogP contribution in [0.3, 0.4) is 0 Å². The zero-order valence-electron chi connectivity index (χ0n) is 11.2. The van der Waals surface area contributed by atoms with E-state index in [0.717, 1.165) is 12.6 Å². The first-order chi connectivity index (χ1) is 8.06. The maximum Gasteiger partial charge on any atom is 0.0424 e. The lowest BCUT2D eigenvalue weighted by Gasteiger charge is -2.36. The van der Waals surface area contributed by atoms with Crippen molar-refractivity contribution in [1.29, 1.82) is 0 Å². The molecule has 0 bridgehead atoms. The van der Waals surface area contributed by atoms with Crippen molar-refractivity contribution in [2.75, 3.05) is 13.6 Å². The van der Waals surface area contributed by atoms with Gasteiger partial charge < -0.3 is 10.6 Å². The van der Waals surface area contributed by atoms with Crippen LogP contribution < -0.4 is 5.73 Å². The van der Waals surface area contributed by atoms with Crippen molar-refractivity contribution in [3.05, 3.63) is 34.9 Å². The average molecular weight is 232 g/mol. The summed E-state index contributed by atoms with van der Waals surface area (Å²) in [6, 6.07) is 7.54. The molecule has 1 fully saturated rings. The Morgan fingerprint density at radius 3 is 2.29 bits per heavy atom. The summed E-state index contributed by atoms with van der Waals surface area (Å²) in [5.41, 5.74) is 10.2. The summed E-state index contributed by atoms with van der Waals surface area (Å²) < 4.78 is 0. The van der Waals surface area contributed by atoms with Gasteiger partial charge in [0, 0.05) is 18.6 Å². The number of benzene rings is 1. The zero-order chi connectivity index (χ0) is 12.4. The predicted molar refractivity (Wildman–Crippen MR) is 73.1 cm³/mol. The molecule has 94 valence electrons. The highest BCUT2D eigenvalue weighted by Crippen LogP contribution is 2.25. The average Bonchev–Trinajstić information content (AvgIpc) is 2.12. The van der Waals surface area contributed by atoms with E-state index in [2.05, 4.69) is 44.0 Å². The van der Waals surface area contributed by atoms with Crippen molar-refractivity contribution < 1.29 is 0 Å². The SMILES string of the molecule is Cc1cc(C)cc(C(N)CN(C)C2CCC2)c1. The molecule has 1 unspecified atom stereocenters. The Morgan fingerprint density at radius 1 is 1.24 bits per heavy atom. The fourth-order valence-corrected chi connectivity index (χ4v) is 2.62. The molecule has 0 radical (unpaired) electrons. The van der Waals surface area contributed by atoms with Gasteiger partial charge in [0.2, 0.25) is 0 Å². The number of likely N-dealkylation sites (N-methyl/N-ethyl adjacent to an activating group) is 1. The molecule has 1 aliphatic carbocycles. The quantitative estimate of drug-likeness (QED) is 0.865. The third kappa shape index (κ3) is 3.08. The van der Waals surface area contributed by atoms with Crippen LogP contribution in [0, 0.1) is 13.8 Å². The zero-order valence-corrected chi connectivity index (χ0v) is 11.2.